The van der Waals surface area contributed by atoms with E-state index in [4.69, 9.17) is 5.11 Å². The van der Waals surface area contributed by atoms with Crippen molar-refractivity contribution in [2.24, 2.45) is 11.8 Å². The van der Waals surface area contributed by atoms with Crippen molar-refractivity contribution in [2.45, 2.75) is 26.1 Å². The van der Waals surface area contributed by atoms with Crippen LogP contribution in [0.2, 0.25) is 19.6 Å². The number of hydrogen-bond acceptors (Lipinski definition) is 1. The molecule has 0 heterocycles. The van der Waals surface area contributed by atoms with Crippen LogP contribution in [0.3, 0.4) is 0 Å². The summed E-state index contributed by atoms with van der Waals surface area (Å²) in [6.07, 6.45) is 1.12. The second-order valence-corrected chi connectivity index (χ2v) is 9.05. The zero-order chi connectivity index (χ0) is 8.48. The fourth-order valence-corrected chi connectivity index (χ4v) is 1.55. The molecule has 2 atom stereocenters. The first kappa shape index (κ1) is 8.83. The lowest BCUT2D eigenvalue weighted by atomic mass is 10.3. The molecule has 1 nitrogen and oxygen atoms in total. The van der Waals surface area contributed by atoms with E-state index in [1.807, 2.05) is 0 Å². The van der Waals surface area contributed by atoms with Gasteiger partial charge in [-0.25, -0.2) is 0 Å². The Morgan fingerprint density at radius 2 is 2.09 bits per heavy atom. The van der Waals surface area contributed by atoms with Crippen LogP contribution < -0.4 is 0 Å². The highest BCUT2D eigenvalue weighted by atomic mass is 28.3. The van der Waals surface area contributed by atoms with E-state index < -0.39 is 8.07 Å². The second-order valence-electron chi connectivity index (χ2n) is 4.30. The van der Waals surface area contributed by atoms with Crippen LogP contribution in [0.25, 0.3) is 0 Å². The Morgan fingerprint density at radius 1 is 1.45 bits per heavy atom. The van der Waals surface area contributed by atoms with Crippen molar-refractivity contribution in [1.29, 1.82) is 0 Å². The Bertz CT molecular complexity index is 194. The maximum Gasteiger partial charge on any atom is 0.129 e. The molecule has 0 radical (unpaired) electrons. The van der Waals surface area contributed by atoms with E-state index >= 15 is 0 Å². The van der Waals surface area contributed by atoms with E-state index in [-0.39, 0.29) is 0 Å². The SMILES string of the molecule is C[Si](C)(C)C#C[C@H]1C[C@@H]1CO. The predicted molar refractivity (Wildman–Crippen MR) is 49.8 cm³/mol. The predicted octanol–water partition coefficient (Wildman–Crippen LogP) is 1.50. The third kappa shape index (κ3) is 3.09. The average Bonchev–Trinajstić information content (AvgIpc) is 2.60. The van der Waals surface area contributed by atoms with Crippen LogP contribution in [0.4, 0.5) is 0 Å². The first-order valence-electron chi connectivity index (χ1n) is 4.16. The van der Waals surface area contributed by atoms with Gasteiger partial charge in [-0.1, -0.05) is 19.6 Å². The Kier molecular flexibility index (Phi) is 2.41. The van der Waals surface area contributed by atoms with Gasteiger partial charge in [0.05, 0.1) is 0 Å². The van der Waals surface area contributed by atoms with Gasteiger partial charge in [0, 0.05) is 12.5 Å². The lowest BCUT2D eigenvalue weighted by molar-refractivity contribution is 0.273. The number of aliphatic hydroxyl groups excluding tert-OH is 1. The fourth-order valence-electron chi connectivity index (χ4n) is 0.935. The van der Waals surface area contributed by atoms with E-state index in [9.17, 15) is 0 Å². The van der Waals surface area contributed by atoms with Crippen LogP contribution in [-0.4, -0.2) is 19.8 Å². The highest BCUT2D eigenvalue weighted by molar-refractivity contribution is 6.83. The Hall–Kier alpha value is -0.263. The summed E-state index contributed by atoms with van der Waals surface area (Å²) in [6, 6.07) is 0. The number of aliphatic hydroxyl groups is 1. The van der Waals surface area contributed by atoms with Crippen molar-refractivity contribution in [3.8, 4) is 11.5 Å². The molecule has 1 N–H and O–H groups in total. The van der Waals surface area contributed by atoms with Crippen LogP contribution in [0.1, 0.15) is 6.42 Å². The molecular weight excluding hydrogens is 152 g/mol. The second kappa shape index (κ2) is 3.00. The van der Waals surface area contributed by atoms with Gasteiger partial charge in [0.15, 0.2) is 0 Å². The largest absolute Gasteiger partial charge is 0.396 e. The third-order valence-corrected chi connectivity index (χ3v) is 2.68. The molecule has 1 aliphatic rings. The summed E-state index contributed by atoms with van der Waals surface area (Å²) < 4.78 is 0. The molecule has 0 amide bonds. The molecule has 1 aliphatic carbocycles. The topological polar surface area (TPSA) is 20.2 Å². The van der Waals surface area contributed by atoms with Crippen LogP contribution in [0.5, 0.6) is 0 Å². The van der Waals surface area contributed by atoms with Crippen molar-refractivity contribution >= 4 is 8.07 Å². The van der Waals surface area contributed by atoms with Gasteiger partial charge in [-0.2, -0.15) is 0 Å². The van der Waals surface area contributed by atoms with Crippen molar-refractivity contribution in [3.05, 3.63) is 0 Å². The lowest BCUT2D eigenvalue weighted by Gasteiger charge is -2.02. The monoisotopic (exact) mass is 168 g/mol. The van der Waals surface area contributed by atoms with Crippen LogP contribution in [0, 0.1) is 23.3 Å². The van der Waals surface area contributed by atoms with Gasteiger partial charge in [-0.15, -0.1) is 11.5 Å². The standard InChI is InChI=1S/C9H16OSi/c1-11(2,3)5-4-8-6-9(8)7-10/h8-10H,6-7H2,1-3H3/t8-,9+/m0/s1. The molecule has 0 aromatic carbocycles. The fraction of sp³-hybridized carbons (Fsp3) is 0.778. The summed E-state index contributed by atoms with van der Waals surface area (Å²) in [6.45, 7) is 7.06. The Balaban J connectivity index is 2.36. The summed E-state index contributed by atoms with van der Waals surface area (Å²) in [5.74, 6) is 4.27. The lowest BCUT2D eigenvalue weighted by Crippen LogP contribution is -2.16. The maximum absolute atomic E-state index is 8.75. The highest BCUT2D eigenvalue weighted by Gasteiger charge is 2.34. The van der Waals surface area contributed by atoms with Crippen molar-refractivity contribution in [1.82, 2.24) is 0 Å². The van der Waals surface area contributed by atoms with E-state index in [0.29, 0.717) is 18.4 Å². The molecule has 0 saturated heterocycles. The van der Waals surface area contributed by atoms with Gasteiger partial charge in [-0.3, -0.25) is 0 Å². The molecule has 0 aliphatic heterocycles. The Morgan fingerprint density at radius 3 is 2.45 bits per heavy atom. The van der Waals surface area contributed by atoms with Gasteiger partial charge in [0.25, 0.3) is 0 Å². The summed E-state index contributed by atoms with van der Waals surface area (Å²) in [4.78, 5) is 0. The Labute approximate surface area is 69.8 Å². The minimum absolute atomic E-state index is 0.324. The minimum atomic E-state index is -1.17. The third-order valence-electron chi connectivity index (χ3n) is 1.79. The maximum atomic E-state index is 8.75. The molecule has 1 fully saturated rings. The van der Waals surface area contributed by atoms with E-state index in [2.05, 4.69) is 31.1 Å². The summed E-state index contributed by atoms with van der Waals surface area (Å²) in [5.41, 5.74) is 3.33. The molecule has 0 aromatic rings. The first-order chi connectivity index (χ1) is 5.03. The molecule has 1 rings (SSSR count). The quantitative estimate of drug-likeness (QED) is 0.464. The average molecular weight is 168 g/mol. The zero-order valence-electron chi connectivity index (χ0n) is 7.52. The molecule has 0 aromatic heterocycles. The number of hydrogen-bond donors (Lipinski definition) is 1. The van der Waals surface area contributed by atoms with Crippen LogP contribution in [0.15, 0.2) is 0 Å². The van der Waals surface area contributed by atoms with Gasteiger partial charge < -0.3 is 5.11 Å². The van der Waals surface area contributed by atoms with Gasteiger partial charge in [-0.05, 0) is 12.3 Å². The van der Waals surface area contributed by atoms with Crippen LogP contribution >= 0.6 is 0 Å². The molecule has 1 saturated carbocycles. The van der Waals surface area contributed by atoms with E-state index in [1.54, 1.807) is 0 Å². The van der Waals surface area contributed by atoms with Crippen LogP contribution in [-0.2, 0) is 0 Å². The number of rotatable bonds is 1. The zero-order valence-corrected chi connectivity index (χ0v) is 8.52. The molecule has 62 valence electrons. The van der Waals surface area contributed by atoms with Crippen molar-refractivity contribution < 1.29 is 5.11 Å². The van der Waals surface area contributed by atoms with Gasteiger partial charge in [0.2, 0.25) is 0 Å². The summed E-state index contributed by atoms with van der Waals surface area (Å²) in [7, 11) is -1.17. The van der Waals surface area contributed by atoms with Crippen molar-refractivity contribution in [3.63, 3.8) is 0 Å². The smallest absolute Gasteiger partial charge is 0.129 e. The molecular formula is C9H16OSi. The molecule has 0 bridgehead atoms. The van der Waals surface area contributed by atoms with Gasteiger partial charge >= 0.3 is 0 Å². The normalized spacial score (nSPS) is 29.1. The highest BCUT2D eigenvalue weighted by Crippen LogP contribution is 2.36. The molecule has 0 spiro atoms. The summed E-state index contributed by atoms with van der Waals surface area (Å²) >= 11 is 0. The van der Waals surface area contributed by atoms with Crippen molar-refractivity contribution in [2.75, 3.05) is 6.61 Å². The molecule has 0 unspecified atom stereocenters. The van der Waals surface area contributed by atoms with Gasteiger partial charge in [0.1, 0.15) is 8.07 Å². The molecule has 2 heteroatoms. The van der Waals surface area contributed by atoms with E-state index in [1.165, 1.54) is 0 Å². The molecule has 11 heavy (non-hydrogen) atoms. The first-order valence-corrected chi connectivity index (χ1v) is 7.66. The summed E-state index contributed by atoms with van der Waals surface area (Å²) in [5, 5.41) is 8.75. The van der Waals surface area contributed by atoms with E-state index in [0.717, 1.165) is 6.42 Å². The minimum Gasteiger partial charge on any atom is -0.396 e.